The lowest BCUT2D eigenvalue weighted by Crippen LogP contribution is -2.01. The van der Waals surface area contributed by atoms with E-state index < -0.39 is 5.97 Å². The number of carboxylic acid groups (broad SMARTS) is 1. The van der Waals surface area contributed by atoms with Crippen LogP contribution in [0.3, 0.4) is 0 Å². The highest BCUT2D eigenvalue weighted by Crippen LogP contribution is 2.34. The lowest BCUT2D eigenvalue weighted by atomic mass is 10.2. The average molecular weight is 318 g/mol. The van der Waals surface area contributed by atoms with Crippen molar-refractivity contribution in [3.05, 3.63) is 28.2 Å². The summed E-state index contributed by atoms with van der Waals surface area (Å²) in [6, 6.07) is 5.16. The van der Waals surface area contributed by atoms with Crippen molar-refractivity contribution in [2.24, 2.45) is 7.05 Å². The molecular formula is C11H9Cl2N3O2S. The predicted octanol–water partition coefficient (Wildman–Crippen LogP) is 2.97. The third kappa shape index (κ3) is 3.02. The predicted molar refractivity (Wildman–Crippen MR) is 74.8 cm³/mol. The Balaban J connectivity index is 2.39. The Kier molecular flexibility index (Phi) is 4.34. The summed E-state index contributed by atoms with van der Waals surface area (Å²) in [6.45, 7) is 0. The van der Waals surface area contributed by atoms with Gasteiger partial charge in [-0.3, -0.25) is 4.79 Å². The Labute approximate surface area is 123 Å². The van der Waals surface area contributed by atoms with Gasteiger partial charge in [0.05, 0.1) is 21.4 Å². The first-order chi connectivity index (χ1) is 9.00. The molecule has 0 atom stereocenters. The number of nitrogens with zero attached hydrogens (tertiary/aromatic N) is 3. The van der Waals surface area contributed by atoms with Crippen LogP contribution >= 0.6 is 35.0 Å². The van der Waals surface area contributed by atoms with Crippen LogP contribution in [0.2, 0.25) is 10.0 Å². The van der Waals surface area contributed by atoms with E-state index >= 15 is 0 Å². The molecule has 0 radical (unpaired) electrons. The molecule has 2 aromatic rings. The Morgan fingerprint density at radius 2 is 2.00 bits per heavy atom. The number of hydrogen-bond donors (Lipinski definition) is 1. The second-order valence-electron chi connectivity index (χ2n) is 3.64. The zero-order chi connectivity index (χ0) is 14.0. The summed E-state index contributed by atoms with van der Waals surface area (Å²) in [4.78, 5) is 10.5. The van der Waals surface area contributed by atoms with Crippen LogP contribution in [-0.4, -0.2) is 31.6 Å². The number of carbonyl (C=O) groups is 1. The maximum absolute atomic E-state index is 10.5. The van der Waals surface area contributed by atoms with E-state index in [1.54, 1.807) is 29.8 Å². The van der Waals surface area contributed by atoms with Crippen molar-refractivity contribution < 1.29 is 9.90 Å². The third-order valence-corrected chi connectivity index (χ3v) is 3.98. The minimum absolute atomic E-state index is 0.0811. The molecule has 2 rings (SSSR count). The van der Waals surface area contributed by atoms with E-state index in [4.69, 9.17) is 28.3 Å². The fourth-order valence-electron chi connectivity index (χ4n) is 1.50. The first kappa shape index (κ1) is 14.2. The second-order valence-corrected chi connectivity index (χ2v) is 5.40. The molecular weight excluding hydrogens is 309 g/mol. The minimum atomic E-state index is -0.912. The molecule has 100 valence electrons. The number of aromatic nitrogens is 3. The molecule has 0 saturated heterocycles. The van der Waals surface area contributed by atoms with Gasteiger partial charge in [0.2, 0.25) is 0 Å². The van der Waals surface area contributed by atoms with Gasteiger partial charge in [0.15, 0.2) is 11.0 Å². The Morgan fingerprint density at radius 1 is 1.37 bits per heavy atom. The summed E-state index contributed by atoms with van der Waals surface area (Å²) in [7, 11) is 1.74. The zero-order valence-corrected chi connectivity index (χ0v) is 12.1. The van der Waals surface area contributed by atoms with Crippen molar-refractivity contribution in [2.45, 2.75) is 5.16 Å². The smallest absolute Gasteiger partial charge is 0.313 e. The van der Waals surface area contributed by atoms with Crippen molar-refractivity contribution in [3.63, 3.8) is 0 Å². The molecule has 0 aliphatic carbocycles. The van der Waals surface area contributed by atoms with E-state index in [0.29, 0.717) is 26.6 Å². The number of hydrogen-bond acceptors (Lipinski definition) is 4. The molecule has 0 saturated carbocycles. The molecule has 0 unspecified atom stereocenters. The number of halogens is 2. The van der Waals surface area contributed by atoms with Crippen LogP contribution < -0.4 is 0 Å². The van der Waals surface area contributed by atoms with Gasteiger partial charge in [0.1, 0.15) is 0 Å². The monoisotopic (exact) mass is 317 g/mol. The van der Waals surface area contributed by atoms with Crippen LogP contribution in [0.15, 0.2) is 23.4 Å². The highest BCUT2D eigenvalue weighted by atomic mass is 35.5. The van der Waals surface area contributed by atoms with Crippen LogP contribution in [0.1, 0.15) is 0 Å². The summed E-state index contributed by atoms with van der Waals surface area (Å²) >= 11 is 13.3. The average Bonchev–Trinajstić information content (AvgIpc) is 2.68. The number of aliphatic carboxylic acids is 1. The maximum Gasteiger partial charge on any atom is 0.313 e. The fraction of sp³-hybridized carbons (Fsp3) is 0.182. The fourth-order valence-corrected chi connectivity index (χ4v) is 2.69. The van der Waals surface area contributed by atoms with E-state index in [1.165, 1.54) is 0 Å². The van der Waals surface area contributed by atoms with Crippen LogP contribution in [0, 0.1) is 0 Å². The first-order valence-electron chi connectivity index (χ1n) is 5.19. The highest BCUT2D eigenvalue weighted by molar-refractivity contribution is 7.99. The van der Waals surface area contributed by atoms with Gasteiger partial charge in [0, 0.05) is 7.05 Å². The molecule has 0 aliphatic rings. The number of benzene rings is 1. The maximum atomic E-state index is 10.5. The van der Waals surface area contributed by atoms with Crippen molar-refractivity contribution in [2.75, 3.05) is 5.75 Å². The Morgan fingerprint density at radius 3 is 2.58 bits per heavy atom. The molecule has 0 fully saturated rings. The lowest BCUT2D eigenvalue weighted by Gasteiger charge is -2.06. The lowest BCUT2D eigenvalue weighted by molar-refractivity contribution is -0.133. The second kappa shape index (κ2) is 5.81. The van der Waals surface area contributed by atoms with Crippen molar-refractivity contribution >= 4 is 40.9 Å². The van der Waals surface area contributed by atoms with Gasteiger partial charge in [-0.2, -0.15) is 0 Å². The van der Waals surface area contributed by atoms with Gasteiger partial charge >= 0.3 is 5.97 Å². The molecule has 1 aromatic carbocycles. The summed E-state index contributed by atoms with van der Waals surface area (Å²) < 4.78 is 1.67. The van der Waals surface area contributed by atoms with Crippen LogP contribution in [0.25, 0.3) is 11.4 Å². The van der Waals surface area contributed by atoms with E-state index in [2.05, 4.69) is 10.2 Å². The largest absolute Gasteiger partial charge is 0.481 e. The van der Waals surface area contributed by atoms with Crippen LogP contribution in [0.4, 0.5) is 0 Å². The summed E-state index contributed by atoms with van der Waals surface area (Å²) in [5.74, 6) is -0.490. The molecule has 1 aromatic heterocycles. The number of rotatable bonds is 4. The van der Waals surface area contributed by atoms with Gasteiger partial charge in [-0.05, 0) is 12.1 Å². The number of thioether (sulfide) groups is 1. The van der Waals surface area contributed by atoms with Gasteiger partial charge < -0.3 is 9.67 Å². The van der Waals surface area contributed by atoms with Gasteiger partial charge in [0.25, 0.3) is 0 Å². The molecule has 8 heteroatoms. The van der Waals surface area contributed by atoms with Gasteiger partial charge in [-0.15, -0.1) is 10.2 Å². The summed E-state index contributed by atoms with van der Waals surface area (Å²) in [6.07, 6.45) is 0. The third-order valence-electron chi connectivity index (χ3n) is 2.35. The van der Waals surface area contributed by atoms with Crippen molar-refractivity contribution in [3.8, 4) is 11.4 Å². The molecule has 0 spiro atoms. The van der Waals surface area contributed by atoms with Crippen LogP contribution in [-0.2, 0) is 11.8 Å². The summed E-state index contributed by atoms with van der Waals surface area (Å²) in [5, 5.41) is 18.0. The molecule has 1 heterocycles. The van der Waals surface area contributed by atoms with Gasteiger partial charge in [-0.25, -0.2) is 0 Å². The van der Waals surface area contributed by atoms with Crippen molar-refractivity contribution in [1.29, 1.82) is 0 Å². The normalized spacial score (nSPS) is 10.7. The quantitative estimate of drug-likeness (QED) is 0.878. The molecule has 0 bridgehead atoms. The molecule has 1 N–H and O–H groups in total. The van der Waals surface area contributed by atoms with Crippen LogP contribution in [0.5, 0.6) is 0 Å². The Bertz CT molecular complexity index is 610. The van der Waals surface area contributed by atoms with E-state index in [9.17, 15) is 4.79 Å². The van der Waals surface area contributed by atoms with Gasteiger partial charge in [-0.1, -0.05) is 41.0 Å². The first-order valence-corrected chi connectivity index (χ1v) is 6.93. The van der Waals surface area contributed by atoms with E-state index in [-0.39, 0.29) is 5.75 Å². The zero-order valence-electron chi connectivity index (χ0n) is 9.80. The SMILES string of the molecule is Cn1c(SCC(=O)O)nnc1-c1c(Cl)cccc1Cl. The van der Waals surface area contributed by atoms with Crippen molar-refractivity contribution in [1.82, 2.24) is 14.8 Å². The number of carboxylic acids is 1. The topological polar surface area (TPSA) is 68.0 Å². The summed E-state index contributed by atoms with van der Waals surface area (Å²) in [5.41, 5.74) is 0.586. The molecule has 0 aliphatic heterocycles. The molecule has 19 heavy (non-hydrogen) atoms. The standard InChI is InChI=1S/C11H9Cl2N3O2S/c1-16-10(9-6(12)3-2-4-7(9)13)14-15-11(16)19-5-8(17)18/h2-4H,5H2,1H3,(H,17,18). The minimum Gasteiger partial charge on any atom is -0.481 e. The molecule has 0 amide bonds. The molecule has 5 nitrogen and oxygen atoms in total. The Hall–Kier alpha value is -1.24. The highest BCUT2D eigenvalue weighted by Gasteiger charge is 2.17. The van der Waals surface area contributed by atoms with E-state index in [1.807, 2.05) is 0 Å². The van der Waals surface area contributed by atoms with E-state index in [0.717, 1.165) is 11.8 Å².